The molecule has 2 aromatic heterocycles. The predicted octanol–water partition coefficient (Wildman–Crippen LogP) is 3.00. The Labute approximate surface area is 151 Å². The SMILES string of the molecule is CN1CCC(n2cnc(-c3ccc(F)cc3)c2-c2ccnc(N)n2)CC1. The van der Waals surface area contributed by atoms with Gasteiger partial charge in [-0.25, -0.2) is 19.3 Å². The van der Waals surface area contributed by atoms with Gasteiger partial charge in [-0.3, -0.25) is 0 Å². The average molecular weight is 352 g/mol. The molecule has 1 fully saturated rings. The summed E-state index contributed by atoms with van der Waals surface area (Å²) in [5, 5.41) is 0. The van der Waals surface area contributed by atoms with Crippen LogP contribution in [-0.4, -0.2) is 44.6 Å². The zero-order chi connectivity index (χ0) is 18.1. The lowest BCUT2D eigenvalue weighted by atomic mass is 10.0. The monoisotopic (exact) mass is 352 g/mol. The van der Waals surface area contributed by atoms with Crippen molar-refractivity contribution in [2.45, 2.75) is 18.9 Å². The summed E-state index contributed by atoms with van der Waals surface area (Å²) in [6.45, 7) is 2.08. The molecule has 7 heteroatoms. The molecule has 0 unspecified atom stereocenters. The van der Waals surface area contributed by atoms with Gasteiger partial charge in [0, 0.05) is 17.8 Å². The van der Waals surface area contributed by atoms with Crippen LogP contribution in [-0.2, 0) is 0 Å². The molecule has 0 amide bonds. The Hall–Kier alpha value is -2.80. The number of likely N-dealkylation sites (tertiary alicyclic amines) is 1. The number of nitrogens with zero attached hydrogens (tertiary/aromatic N) is 5. The Morgan fingerprint density at radius 2 is 1.81 bits per heavy atom. The third-order valence-corrected chi connectivity index (χ3v) is 4.91. The first kappa shape index (κ1) is 16.7. The van der Waals surface area contributed by atoms with Crippen molar-refractivity contribution in [3.05, 3.63) is 48.7 Å². The zero-order valence-electron chi connectivity index (χ0n) is 14.6. The van der Waals surface area contributed by atoms with Crippen LogP contribution in [0, 0.1) is 5.82 Å². The molecule has 1 saturated heterocycles. The Bertz CT molecular complexity index is 897. The summed E-state index contributed by atoms with van der Waals surface area (Å²) in [7, 11) is 2.14. The molecule has 4 rings (SSSR count). The first-order chi connectivity index (χ1) is 12.6. The van der Waals surface area contributed by atoms with E-state index in [0.717, 1.165) is 48.6 Å². The number of halogens is 1. The van der Waals surface area contributed by atoms with E-state index in [1.807, 2.05) is 12.4 Å². The Kier molecular flexibility index (Phi) is 4.38. The predicted molar refractivity (Wildman–Crippen MR) is 98.8 cm³/mol. The van der Waals surface area contributed by atoms with Gasteiger partial charge in [-0.2, -0.15) is 0 Å². The van der Waals surface area contributed by atoms with Crippen LogP contribution in [0.25, 0.3) is 22.6 Å². The molecule has 3 aromatic rings. The fourth-order valence-corrected chi connectivity index (χ4v) is 3.49. The van der Waals surface area contributed by atoms with Gasteiger partial charge in [-0.15, -0.1) is 0 Å². The highest BCUT2D eigenvalue weighted by Gasteiger charge is 2.24. The molecule has 0 radical (unpaired) electrons. The van der Waals surface area contributed by atoms with Crippen LogP contribution in [0.1, 0.15) is 18.9 Å². The number of nitrogens with two attached hydrogens (primary N) is 1. The van der Waals surface area contributed by atoms with Crippen molar-refractivity contribution < 1.29 is 4.39 Å². The van der Waals surface area contributed by atoms with Crippen LogP contribution in [0.3, 0.4) is 0 Å². The number of imidazole rings is 1. The van der Waals surface area contributed by atoms with Crippen molar-refractivity contribution in [3.63, 3.8) is 0 Å². The van der Waals surface area contributed by atoms with Gasteiger partial charge in [0.1, 0.15) is 5.82 Å². The van der Waals surface area contributed by atoms with Crippen LogP contribution in [0.2, 0.25) is 0 Å². The molecule has 0 aliphatic carbocycles. The second-order valence-electron chi connectivity index (χ2n) is 6.69. The summed E-state index contributed by atoms with van der Waals surface area (Å²) in [4.78, 5) is 15.4. The summed E-state index contributed by atoms with van der Waals surface area (Å²) in [5.74, 6) is -0.0417. The fourth-order valence-electron chi connectivity index (χ4n) is 3.49. The second-order valence-corrected chi connectivity index (χ2v) is 6.69. The minimum atomic E-state index is -0.267. The highest BCUT2D eigenvalue weighted by atomic mass is 19.1. The lowest BCUT2D eigenvalue weighted by Crippen LogP contribution is -2.31. The van der Waals surface area contributed by atoms with Gasteiger partial charge in [0.2, 0.25) is 5.95 Å². The molecule has 0 atom stereocenters. The fraction of sp³-hybridized carbons (Fsp3) is 0.316. The van der Waals surface area contributed by atoms with E-state index < -0.39 is 0 Å². The average Bonchev–Trinajstić information content (AvgIpc) is 3.08. The van der Waals surface area contributed by atoms with Gasteiger partial charge in [0.25, 0.3) is 0 Å². The minimum absolute atomic E-state index is 0.226. The van der Waals surface area contributed by atoms with E-state index in [9.17, 15) is 4.39 Å². The van der Waals surface area contributed by atoms with Crippen molar-refractivity contribution in [1.82, 2.24) is 24.4 Å². The lowest BCUT2D eigenvalue weighted by Gasteiger charge is -2.30. The van der Waals surface area contributed by atoms with Crippen LogP contribution in [0.4, 0.5) is 10.3 Å². The van der Waals surface area contributed by atoms with Crippen LogP contribution >= 0.6 is 0 Å². The number of hydrogen-bond donors (Lipinski definition) is 1. The molecule has 0 spiro atoms. The van der Waals surface area contributed by atoms with E-state index >= 15 is 0 Å². The van der Waals surface area contributed by atoms with Gasteiger partial charge in [0.05, 0.1) is 23.4 Å². The van der Waals surface area contributed by atoms with Gasteiger partial charge < -0.3 is 15.2 Å². The smallest absolute Gasteiger partial charge is 0.220 e. The van der Waals surface area contributed by atoms with Gasteiger partial charge in [-0.05, 0) is 63.3 Å². The van der Waals surface area contributed by atoms with Crippen LogP contribution in [0.15, 0.2) is 42.9 Å². The molecule has 6 nitrogen and oxygen atoms in total. The number of nitrogen functional groups attached to an aromatic ring is 1. The van der Waals surface area contributed by atoms with E-state index in [1.165, 1.54) is 12.1 Å². The van der Waals surface area contributed by atoms with Gasteiger partial charge >= 0.3 is 0 Å². The van der Waals surface area contributed by atoms with Gasteiger partial charge in [-0.1, -0.05) is 0 Å². The van der Waals surface area contributed by atoms with E-state index in [1.54, 1.807) is 18.3 Å². The third kappa shape index (κ3) is 3.17. The van der Waals surface area contributed by atoms with E-state index in [0.29, 0.717) is 6.04 Å². The van der Waals surface area contributed by atoms with Crippen molar-refractivity contribution in [1.29, 1.82) is 0 Å². The third-order valence-electron chi connectivity index (χ3n) is 4.91. The minimum Gasteiger partial charge on any atom is -0.368 e. The zero-order valence-corrected chi connectivity index (χ0v) is 14.6. The largest absolute Gasteiger partial charge is 0.368 e. The molecular formula is C19H21FN6. The number of piperidine rings is 1. The molecule has 1 aromatic carbocycles. The molecule has 0 saturated carbocycles. The van der Waals surface area contributed by atoms with Crippen molar-refractivity contribution in [2.75, 3.05) is 25.9 Å². The molecule has 0 bridgehead atoms. The topological polar surface area (TPSA) is 72.9 Å². The van der Waals surface area contributed by atoms with Crippen LogP contribution in [0.5, 0.6) is 0 Å². The standard InChI is InChI=1S/C19H21FN6/c1-25-10-7-15(8-11-25)26-12-23-17(13-2-4-14(20)5-3-13)18(26)16-6-9-22-19(21)24-16/h2-6,9,12,15H,7-8,10-11H2,1H3,(H2,21,22,24). The first-order valence-corrected chi connectivity index (χ1v) is 8.72. The van der Waals surface area contributed by atoms with E-state index in [2.05, 4.69) is 31.5 Å². The summed E-state index contributed by atoms with van der Waals surface area (Å²) < 4.78 is 15.5. The number of anilines is 1. The quantitative estimate of drug-likeness (QED) is 0.784. The number of hydrogen-bond acceptors (Lipinski definition) is 5. The van der Waals surface area contributed by atoms with Crippen molar-refractivity contribution >= 4 is 5.95 Å². The summed E-state index contributed by atoms with van der Waals surface area (Å²) in [5.41, 5.74) is 9.08. The number of aromatic nitrogens is 4. The first-order valence-electron chi connectivity index (χ1n) is 8.72. The summed E-state index contributed by atoms with van der Waals surface area (Å²) in [6.07, 6.45) is 5.60. The molecule has 1 aliphatic heterocycles. The van der Waals surface area contributed by atoms with Crippen molar-refractivity contribution in [2.24, 2.45) is 0 Å². The maximum atomic E-state index is 13.3. The Morgan fingerprint density at radius 1 is 1.08 bits per heavy atom. The molecule has 134 valence electrons. The normalized spacial score (nSPS) is 16.1. The molecule has 2 N–H and O–H groups in total. The molecule has 3 heterocycles. The number of rotatable bonds is 3. The lowest BCUT2D eigenvalue weighted by molar-refractivity contribution is 0.222. The maximum Gasteiger partial charge on any atom is 0.220 e. The van der Waals surface area contributed by atoms with Crippen molar-refractivity contribution in [3.8, 4) is 22.6 Å². The molecule has 1 aliphatic rings. The maximum absolute atomic E-state index is 13.3. The van der Waals surface area contributed by atoms with E-state index in [4.69, 9.17) is 5.73 Å². The summed E-state index contributed by atoms with van der Waals surface area (Å²) in [6, 6.07) is 8.56. The van der Waals surface area contributed by atoms with Gasteiger partial charge in [0.15, 0.2) is 0 Å². The van der Waals surface area contributed by atoms with Crippen LogP contribution < -0.4 is 5.73 Å². The Morgan fingerprint density at radius 3 is 2.50 bits per heavy atom. The Balaban J connectivity index is 1.83. The van der Waals surface area contributed by atoms with E-state index in [-0.39, 0.29) is 11.8 Å². The highest BCUT2D eigenvalue weighted by molar-refractivity contribution is 5.77. The second kappa shape index (κ2) is 6.84. The number of benzene rings is 1. The summed E-state index contributed by atoms with van der Waals surface area (Å²) >= 11 is 0. The molecular weight excluding hydrogens is 331 g/mol. The molecule has 26 heavy (non-hydrogen) atoms. The highest BCUT2D eigenvalue weighted by Crippen LogP contribution is 2.35.